The van der Waals surface area contributed by atoms with Crippen LogP contribution in [0.1, 0.15) is 59.3 Å². The van der Waals surface area contributed by atoms with Gasteiger partial charge in [0.05, 0.1) is 11.8 Å². The predicted octanol–water partition coefficient (Wildman–Crippen LogP) is 4.64. The zero-order chi connectivity index (χ0) is 13.9. The molecule has 3 heteroatoms. The SMILES string of the molecule is CCCCCCCCNc1cccnc1OC(C)C. The van der Waals surface area contributed by atoms with E-state index in [1.807, 2.05) is 26.0 Å². The zero-order valence-electron chi connectivity index (χ0n) is 12.6. The highest BCUT2D eigenvalue weighted by Gasteiger charge is 2.05. The van der Waals surface area contributed by atoms with Gasteiger partial charge >= 0.3 is 0 Å². The van der Waals surface area contributed by atoms with E-state index in [2.05, 4.69) is 17.2 Å². The molecule has 0 atom stereocenters. The monoisotopic (exact) mass is 264 g/mol. The van der Waals surface area contributed by atoms with Crippen molar-refractivity contribution in [2.45, 2.75) is 65.4 Å². The average molecular weight is 264 g/mol. The quantitative estimate of drug-likeness (QED) is 0.625. The summed E-state index contributed by atoms with van der Waals surface area (Å²) in [5.74, 6) is 0.712. The smallest absolute Gasteiger partial charge is 0.237 e. The summed E-state index contributed by atoms with van der Waals surface area (Å²) in [4.78, 5) is 4.27. The number of anilines is 1. The molecule has 0 amide bonds. The highest BCUT2D eigenvalue weighted by atomic mass is 16.5. The van der Waals surface area contributed by atoms with E-state index in [-0.39, 0.29) is 6.10 Å². The molecule has 0 bridgehead atoms. The Morgan fingerprint density at radius 1 is 1.16 bits per heavy atom. The Bertz CT molecular complexity index is 339. The van der Waals surface area contributed by atoms with Crippen molar-refractivity contribution in [1.29, 1.82) is 0 Å². The zero-order valence-corrected chi connectivity index (χ0v) is 12.6. The fourth-order valence-electron chi connectivity index (χ4n) is 1.97. The Morgan fingerprint density at radius 2 is 1.89 bits per heavy atom. The molecular weight excluding hydrogens is 236 g/mol. The molecule has 0 aliphatic rings. The molecule has 0 fully saturated rings. The van der Waals surface area contributed by atoms with Crippen LogP contribution in [-0.4, -0.2) is 17.6 Å². The van der Waals surface area contributed by atoms with Crippen LogP contribution in [-0.2, 0) is 0 Å². The number of hydrogen-bond donors (Lipinski definition) is 1. The second-order valence-corrected chi connectivity index (χ2v) is 5.22. The average Bonchev–Trinajstić information content (AvgIpc) is 2.39. The van der Waals surface area contributed by atoms with E-state index < -0.39 is 0 Å². The summed E-state index contributed by atoms with van der Waals surface area (Å²) in [7, 11) is 0. The summed E-state index contributed by atoms with van der Waals surface area (Å²) in [6, 6.07) is 3.97. The first kappa shape index (κ1) is 15.8. The summed E-state index contributed by atoms with van der Waals surface area (Å²) < 4.78 is 5.68. The summed E-state index contributed by atoms with van der Waals surface area (Å²) >= 11 is 0. The van der Waals surface area contributed by atoms with Crippen LogP contribution < -0.4 is 10.1 Å². The molecule has 0 saturated carbocycles. The summed E-state index contributed by atoms with van der Waals surface area (Å²) in [6.07, 6.45) is 9.82. The van der Waals surface area contributed by atoms with Crippen LogP contribution in [0.15, 0.2) is 18.3 Å². The molecule has 19 heavy (non-hydrogen) atoms. The third-order valence-electron chi connectivity index (χ3n) is 2.96. The fraction of sp³-hybridized carbons (Fsp3) is 0.688. The topological polar surface area (TPSA) is 34.2 Å². The number of hydrogen-bond acceptors (Lipinski definition) is 3. The maximum atomic E-state index is 5.68. The largest absolute Gasteiger partial charge is 0.473 e. The van der Waals surface area contributed by atoms with E-state index in [4.69, 9.17) is 4.74 Å². The second kappa shape index (κ2) is 9.65. The van der Waals surface area contributed by atoms with Crippen LogP contribution in [0.5, 0.6) is 5.88 Å². The second-order valence-electron chi connectivity index (χ2n) is 5.22. The molecule has 1 N–H and O–H groups in total. The third-order valence-corrected chi connectivity index (χ3v) is 2.96. The normalized spacial score (nSPS) is 10.7. The van der Waals surface area contributed by atoms with Crippen molar-refractivity contribution in [3.8, 4) is 5.88 Å². The van der Waals surface area contributed by atoms with E-state index >= 15 is 0 Å². The molecule has 108 valence electrons. The lowest BCUT2D eigenvalue weighted by molar-refractivity contribution is 0.234. The molecule has 1 aromatic heterocycles. The van der Waals surface area contributed by atoms with Crippen LogP contribution in [0.2, 0.25) is 0 Å². The van der Waals surface area contributed by atoms with Crippen molar-refractivity contribution in [2.75, 3.05) is 11.9 Å². The first-order chi connectivity index (χ1) is 9.24. The number of pyridine rings is 1. The molecule has 0 aliphatic carbocycles. The van der Waals surface area contributed by atoms with Gasteiger partial charge in [-0.1, -0.05) is 39.0 Å². The van der Waals surface area contributed by atoms with E-state index in [1.54, 1.807) is 6.20 Å². The van der Waals surface area contributed by atoms with Gasteiger partial charge in [0.15, 0.2) is 0 Å². The highest BCUT2D eigenvalue weighted by Crippen LogP contribution is 2.21. The molecule has 0 radical (unpaired) electrons. The number of ether oxygens (including phenoxy) is 1. The van der Waals surface area contributed by atoms with Gasteiger partial charge in [0.2, 0.25) is 5.88 Å². The Labute approximate surface area is 117 Å². The standard InChI is InChI=1S/C16H28N2O/c1-4-5-6-7-8-9-12-17-15-11-10-13-18-16(15)19-14(2)3/h10-11,13-14,17H,4-9,12H2,1-3H3. The van der Waals surface area contributed by atoms with Crippen molar-refractivity contribution in [1.82, 2.24) is 4.98 Å². The molecule has 1 heterocycles. The van der Waals surface area contributed by atoms with Gasteiger partial charge < -0.3 is 10.1 Å². The van der Waals surface area contributed by atoms with Gasteiger partial charge in [-0.3, -0.25) is 0 Å². The van der Waals surface area contributed by atoms with E-state index in [0.29, 0.717) is 5.88 Å². The Kier molecular flexibility index (Phi) is 8.03. The molecule has 3 nitrogen and oxygen atoms in total. The van der Waals surface area contributed by atoms with Crippen LogP contribution in [0.4, 0.5) is 5.69 Å². The van der Waals surface area contributed by atoms with Gasteiger partial charge in [-0.25, -0.2) is 4.98 Å². The summed E-state index contributed by atoms with van der Waals surface area (Å²) in [6.45, 7) is 7.28. The lowest BCUT2D eigenvalue weighted by Crippen LogP contribution is -2.10. The molecule has 0 aliphatic heterocycles. The molecule has 0 saturated heterocycles. The molecule has 1 rings (SSSR count). The van der Waals surface area contributed by atoms with E-state index in [1.165, 1.54) is 38.5 Å². The third kappa shape index (κ3) is 7.04. The van der Waals surface area contributed by atoms with Crippen molar-refractivity contribution in [2.24, 2.45) is 0 Å². The van der Waals surface area contributed by atoms with Gasteiger partial charge in [0.25, 0.3) is 0 Å². The van der Waals surface area contributed by atoms with Crippen molar-refractivity contribution >= 4 is 5.69 Å². The number of unbranched alkanes of at least 4 members (excludes halogenated alkanes) is 5. The van der Waals surface area contributed by atoms with Crippen LogP contribution in [0.25, 0.3) is 0 Å². The molecule has 0 unspecified atom stereocenters. The minimum atomic E-state index is 0.157. The number of aromatic nitrogens is 1. The Balaban J connectivity index is 2.25. The van der Waals surface area contributed by atoms with Gasteiger partial charge in [-0.15, -0.1) is 0 Å². The van der Waals surface area contributed by atoms with Gasteiger partial charge in [0.1, 0.15) is 0 Å². The van der Waals surface area contributed by atoms with Crippen LogP contribution in [0.3, 0.4) is 0 Å². The highest BCUT2D eigenvalue weighted by molar-refractivity contribution is 5.51. The predicted molar refractivity (Wildman–Crippen MR) is 81.9 cm³/mol. The van der Waals surface area contributed by atoms with Crippen LogP contribution in [0, 0.1) is 0 Å². The van der Waals surface area contributed by atoms with Crippen molar-refractivity contribution in [3.05, 3.63) is 18.3 Å². The van der Waals surface area contributed by atoms with E-state index in [9.17, 15) is 0 Å². The lowest BCUT2D eigenvalue weighted by atomic mass is 10.1. The number of rotatable bonds is 10. The summed E-state index contributed by atoms with van der Waals surface area (Å²) in [5.41, 5.74) is 1.00. The number of nitrogens with one attached hydrogen (secondary N) is 1. The van der Waals surface area contributed by atoms with Crippen molar-refractivity contribution in [3.63, 3.8) is 0 Å². The Hall–Kier alpha value is -1.25. The molecule has 0 spiro atoms. The van der Waals surface area contributed by atoms with E-state index in [0.717, 1.165) is 12.2 Å². The molecule has 1 aromatic rings. The minimum Gasteiger partial charge on any atom is -0.473 e. The van der Waals surface area contributed by atoms with Crippen LogP contribution >= 0.6 is 0 Å². The maximum absolute atomic E-state index is 5.68. The van der Waals surface area contributed by atoms with Gasteiger partial charge in [-0.05, 0) is 32.4 Å². The first-order valence-corrected chi connectivity index (χ1v) is 7.59. The van der Waals surface area contributed by atoms with Crippen molar-refractivity contribution < 1.29 is 4.74 Å². The van der Waals surface area contributed by atoms with Gasteiger partial charge in [0, 0.05) is 12.7 Å². The lowest BCUT2D eigenvalue weighted by Gasteiger charge is -2.14. The Morgan fingerprint density at radius 3 is 2.63 bits per heavy atom. The first-order valence-electron chi connectivity index (χ1n) is 7.59. The van der Waals surface area contributed by atoms with Gasteiger partial charge in [-0.2, -0.15) is 0 Å². The fourth-order valence-corrected chi connectivity index (χ4v) is 1.97. The number of nitrogens with zero attached hydrogens (tertiary/aromatic N) is 1. The molecular formula is C16H28N2O. The summed E-state index contributed by atoms with van der Waals surface area (Å²) in [5, 5.41) is 3.42. The molecule has 0 aromatic carbocycles. The minimum absolute atomic E-state index is 0.157. The maximum Gasteiger partial charge on any atom is 0.237 e.